The van der Waals surface area contributed by atoms with E-state index in [1.54, 1.807) is 0 Å². The Hall–Kier alpha value is -0.110. The van der Waals surface area contributed by atoms with Crippen LogP contribution in [-0.4, -0.2) is 13.6 Å². The molecule has 0 aliphatic carbocycles. The highest BCUT2D eigenvalue weighted by Gasteiger charge is 1.50. The summed E-state index contributed by atoms with van der Waals surface area (Å²) in [4.78, 5) is 0. The highest BCUT2D eigenvalue weighted by Crippen LogP contribution is 1.34. The molecule has 0 saturated carbocycles. The van der Waals surface area contributed by atoms with Gasteiger partial charge in [0.2, 0.25) is 0 Å². The molecule has 0 aromatic rings. The van der Waals surface area contributed by atoms with Crippen molar-refractivity contribution in [3.63, 3.8) is 0 Å². The fraction of sp³-hybridized carbons (Fsp3) is 1.00. The lowest BCUT2D eigenvalue weighted by molar-refractivity contribution is 0.864. The summed E-state index contributed by atoms with van der Waals surface area (Å²) >= 11 is 0. The minimum atomic E-state index is 0. The maximum atomic E-state index is 2.93. The molecule has 0 heterocycles. The Bertz CT molecular complexity index is 8.85. The van der Waals surface area contributed by atoms with Gasteiger partial charge in [-0.15, -0.1) is 0 Å². The van der Waals surface area contributed by atoms with E-state index in [1.165, 1.54) is 0 Å². The van der Waals surface area contributed by atoms with Crippen LogP contribution in [-0.2, 0) is 0 Å². The summed E-state index contributed by atoms with van der Waals surface area (Å²) < 4.78 is 0. The highest BCUT2D eigenvalue weighted by molar-refractivity contribution is 4.15. The van der Waals surface area contributed by atoms with E-state index >= 15 is 0 Å². The quantitative estimate of drug-likeness (QED) is 0.479. The van der Waals surface area contributed by atoms with Crippen LogP contribution >= 0.6 is 0 Å². The molecule has 0 radical (unpaired) electrons. The van der Waals surface area contributed by atoms with Crippen molar-refractivity contribution in [1.82, 2.24) is 5.32 Å². The molecule has 5 heavy (non-hydrogen) atoms. The van der Waals surface area contributed by atoms with Crippen molar-refractivity contribution in [3.8, 4) is 0 Å². The van der Waals surface area contributed by atoms with E-state index in [-0.39, 0.29) is 4.70 Å². The molecule has 0 aliphatic rings. The van der Waals surface area contributed by atoms with Crippen LogP contribution in [0.1, 0.15) is 6.92 Å². The van der Waals surface area contributed by atoms with Gasteiger partial charge in [-0.2, -0.15) is 0 Å². The van der Waals surface area contributed by atoms with Crippen LogP contribution in [0.2, 0.25) is 0 Å². The molecular weight excluding hydrogens is 69.0 g/mol. The maximum Gasteiger partial charge on any atom is -0.00804 e. The minimum Gasteiger partial charge on any atom is -0.320 e. The van der Waals surface area contributed by atoms with Crippen molar-refractivity contribution in [1.29, 1.82) is 0 Å². The van der Waals surface area contributed by atoms with E-state index in [0.717, 1.165) is 6.54 Å². The van der Waals surface area contributed by atoms with Gasteiger partial charge in [0.25, 0.3) is 0 Å². The third-order valence-corrected chi connectivity index (χ3v) is 0.354. The molecule has 34 valence electrons. The largest absolute Gasteiger partial charge is 0.320 e. The Kier molecular flexibility index (Phi) is 16.1. The van der Waals surface area contributed by atoms with Crippen molar-refractivity contribution >= 4 is 0 Å². The zero-order valence-electron chi connectivity index (χ0n) is 3.62. The first-order valence-electron chi connectivity index (χ1n) is 1.56. The predicted molar refractivity (Wildman–Crippen MR) is 22.1 cm³/mol. The van der Waals surface area contributed by atoms with Crippen molar-refractivity contribution in [2.45, 2.75) is 6.92 Å². The van der Waals surface area contributed by atoms with Crippen LogP contribution in [0.5, 0.6) is 0 Å². The van der Waals surface area contributed by atoms with Crippen LogP contribution in [0.15, 0.2) is 0 Å². The summed E-state index contributed by atoms with van der Waals surface area (Å²) in [5.41, 5.74) is 0. The number of halogens is 1. The van der Waals surface area contributed by atoms with Crippen molar-refractivity contribution in [3.05, 3.63) is 0 Å². The topological polar surface area (TPSA) is 12.0 Å². The van der Waals surface area contributed by atoms with Gasteiger partial charge < -0.3 is 5.32 Å². The second kappa shape index (κ2) is 9.10. The molecule has 0 aromatic carbocycles. The number of hydrogen-bond acceptors (Lipinski definition) is 1. The Morgan fingerprint density at radius 2 is 1.80 bits per heavy atom. The maximum absolute atomic E-state index is 2.93. The molecule has 2 heteroatoms. The first-order chi connectivity index (χ1) is 1.91. The SMILES string of the molecule is CCNC.F. The fourth-order valence-corrected chi connectivity index (χ4v) is 0. The summed E-state index contributed by atoms with van der Waals surface area (Å²) in [7, 11) is 1.93. The lowest BCUT2D eigenvalue weighted by Gasteiger charge is -1.76. The van der Waals surface area contributed by atoms with E-state index in [2.05, 4.69) is 12.2 Å². The molecule has 0 aromatic heterocycles. The van der Waals surface area contributed by atoms with E-state index in [4.69, 9.17) is 0 Å². The molecular formula is C3H10FN. The van der Waals surface area contributed by atoms with Crippen molar-refractivity contribution in [2.75, 3.05) is 13.6 Å². The lowest BCUT2D eigenvalue weighted by Crippen LogP contribution is -2.01. The van der Waals surface area contributed by atoms with Gasteiger partial charge in [-0.25, -0.2) is 0 Å². The first-order valence-corrected chi connectivity index (χ1v) is 1.56. The Labute approximate surface area is 31.7 Å². The second-order valence-electron chi connectivity index (χ2n) is 0.707. The zero-order valence-corrected chi connectivity index (χ0v) is 3.62. The third-order valence-electron chi connectivity index (χ3n) is 0.354. The molecule has 0 fully saturated rings. The van der Waals surface area contributed by atoms with Gasteiger partial charge in [0.15, 0.2) is 0 Å². The Balaban J connectivity index is 0. The van der Waals surface area contributed by atoms with Crippen LogP contribution in [0.25, 0.3) is 0 Å². The van der Waals surface area contributed by atoms with Crippen molar-refractivity contribution in [2.24, 2.45) is 0 Å². The van der Waals surface area contributed by atoms with Crippen LogP contribution in [0, 0.1) is 0 Å². The normalized spacial score (nSPS) is 6.00. The minimum absolute atomic E-state index is 0. The first kappa shape index (κ1) is 8.86. The lowest BCUT2D eigenvalue weighted by atomic mass is 10.8. The summed E-state index contributed by atoms with van der Waals surface area (Å²) in [6, 6.07) is 0. The standard InChI is InChI=1S/C3H9N.FH/c1-3-4-2;/h4H,3H2,1-2H3;1H. The van der Waals surface area contributed by atoms with Gasteiger partial charge >= 0.3 is 0 Å². The van der Waals surface area contributed by atoms with Crippen LogP contribution in [0.3, 0.4) is 0 Å². The molecule has 0 rings (SSSR count). The van der Waals surface area contributed by atoms with Crippen molar-refractivity contribution < 1.29 is 4.70 Å². The van der Waals surface area contributed by atoms with Gasteiger partial charge in [-0.1, -0.05) is 6.92 Å². The fourth-order valence-electron chi connectivity index (χ4n) is 0. The van der Waals surface area contributed by atoms with E-state index in [0.29, 0.717) is 0 Å². The molecule has 0 bridgehead atoms. The molecule has 0 unspecified atom stereocenters. The van der Waals surface area contributed by atoms with Gasteiger partial charge in [0.05, 0.1) is 0 Å². The second-order valence-corrected chi connectivity index (χ2v) is 0.707. The predicted octanol–water partition coefficient (Wildman–Crippen LogP) is 0.378. The summed E-state index contributed by atoms with van der Waals surface area (Å²) in [5.74, 6) is 0. The Morgan fingerprint density at radius 3 is 1.80 bits per heavy atom. The molecule has 0 aliphatic heterocycles. The van der Waals surface area contributed by atoms with Gasteiger partial charge in [0, 0.05) is 0 Å². The molecule has 1 N–H and O–H groups in total. The summed E-state index contributed by atoms with van der Waals surface area (Å²) in [5, 5.41) is 2.93. The van der Waals surface area contributed by atoms with Gasteiger partial charge in [-0.05, 0) is 13.6 Å². The van der Waals surface area contributed by atoms with Crippen LogP contribution < -0.4 is 5.32 Å². The Morgan fingerprint density at radius 1 is 1.60 bits per heavy atom. The third kappa shape index (κ3) is 17.5. The smallest absolute Gasteiger partial charge is 0.00804 e. The summed E-state index contributed by atoms with van der Waals surface area (Å²) in [6.07, 6.45) is 0. The van der Waals surface area contributed by atoms with E-state index < -0.39 is 0 Å². The van der Waals surface area contributed by atoms with E-state index in [1.807, 2.05) is 7.05 Å². The molecule has 0 amide bonds. The van der Waals surface area contributed by atoms with Gasteiger partial charge in [-0.3, -0.25) is 4.70 Å². The van der Waals surface area contributed by atoms with Crippen LogP contribution in [0.4, 0.5) is 4.70 Å². The highest BCUT2D eigenvalue weighted by atomic mass is 19.0. The molecule has 1 nitrogen and oxygen atoms in total. The van der Waals surface area contributed by atoms with Gasteiger partial charge in [0.1, 0.15) is 0 Å². The number of hydrogen-bond donors (Lipinski definition) is 1. The number of rotatable bonds is 1. The zero-order chi connectivity index (χ0) is 3.41. The molecule has 0 atom stereocenters. The number of nitrogens with one attached hydrogen (secondary N) is 1. The average molecular weight is 79.1 g/mol. The van der Waals surface area contributed by atoms with E-state index in [9.17, 15) is 0 Å². The average Bonchev–Trinajstić information content (AvgIpc) is 1.37. The monoisotopic (exact) mass is 79.1 g/mol. The molecule has 0 saturated heterocycles. The molecule has 0 spiro atoms. The summed E-state index contributed by atoms with van der Waals surface area (Å²) in [6.45, 7) is 3.14.